The van der Waals surface area contributed by atoms with E-state index < -0.39 is 5.82 Å². The Labute approximate surface area is 80.7 Å². The van der Waals surface area contributed by atoms with E-state index in [0.29, 0.717) is 5.75 Å². The summed E-state index contributed by atoms with van der Waals surface area (Å²) in [5, 5.41) is -0.110. The molecule has 2 rings (SSSR count). The van der Waals surface area contributed by atoms with Gasteiger partial charge in [0.05, 0.1) is 12.3 Å². The van der Waals surface area contributed by atoms with Gasteiger partial charge in [-0.15, -0.1) is 0 Å². The Morgan fingerprint density at radius 1 is 1.54 bits per heavy atom. The number of rotatable bonds is 2. The van der Waals surface area contributed by atoms with Crippen molar-refractivity contribution in [1.82, 2.24) is 4.98 Å². The van der Waals surface area contributed by atoms with Crippen molar-refractivity contribution in [1.29, 1.82) is 0 Å². The summed E-state index contributed by atoms with van der Waals surface area (Å²) in [7, 11) is 0. The first-order valence-corrected chi connectivity index (χ1v) is 4.61. The van der Waals surface area contributed by atoms with E-state index >= 15 is 0 Å². The van der Waals surface area contributed by atoms with E-state index in [9.17, 15) is 4.39 Å². The Morgan fingerprint density at radius 3 is 2.85 bits per heavy atom. The summed E-state index contributed by atoms with van der Waals surface area (Å²) in [6, 6.07) is 1.27. The lowest BCUT2D eigenvalue weighted by Gasteiger charge is -2.26. The maximum atomic E-state index is 12.9. The van der Waals surface area contributed by atoms with Gasteiger partial charge in [-0.2, -0.15) is 0 Å². The first kappa shape index (κ1) is 8.75. The molecule has 1 saturated carbocycles. The van der Waals surface area contributed by atoms with E-state index in [1.165, 1.54) is 18.7 Å². The highest BCUT2D eigenvalue weighted by Crippen LogP contribution is 2.26. The third-order valence-electron chi connectivity index (χ3n) is 2.13. The van der Waals surface area contributed by atoms with Gasteiger partial charge in [0.25, 0.3) is 0 Å². The summed E-state index contributed by atoms with van der Waals surface area (Å²) in [6.07, 6.45) is 4.97. The number of hydrogen-bond donors (Lipinski definition) is 0. The molecule has 70 valence electrons. The Balaban J connectivity index is 2.07. The summed E-state index contributed by atoms with van der Waals surface area (Å²) in [6.45, 7) is 0. The molecule has 1 heterocycles. The molecule has 4 heteroatoms. The van der Waals surface area contributed by atoms with Gasteiger partial charge in [-0.25, -0.2) is 9.37 Å². The molecule has 0 aromatic carbocycles. The zero-order chi connectivity index (χ0) is 9.26. The van der Waals surface area contributed by atoms with Crippen molar-refractivity contribution in [3.8, 4) is 5.75 Å². The monoisotopic (exact) mass is 201 g/mol. The molecule has 0 amide bonds. The highest BCUT2D eigenvalue weighted by atomic mass is 35.5. The van der Waals surface area contributed by atoms with E-state index in [0.717, 1.165) is 12.8 Å². The average Bonchev–Trinajstić information content (AvgIpc) is 2.04. The average molecular weight is 202 g/mol. The van der Waals surface area contributed by atoms with Gasteiger partial charge in [0, 0.05) is 6.07 Å². The van der Waals surface area contributed by atoms with Crippen LogP contribution in [-0.2, 0) is 0 Å². The summed E-state index contributed by atoms with van der Waals surface area (Å²) in [4.78, 5) is 3.66. The maximum Gasteiger partial charge on any atom is 0.164 e. The molecule has 0 aliphatic heterocycles. The summed E-state index contributed by atoms with van der Waals surface area (Å²) >= 11 is 5.42. The molecule has 1 aromatic heterocycles. The molecule has 0 bridgehead atoms. The molecule has 13 heavy (non-hydrogen) atoms. The van der Waals surface area contributed by atoms with Gasteiger partial charge in [-0.05, 0) is 19.3 Å². The van der Waals surface area contributed by atoms with E-state index in [1.807, 2.05) is 0 Å². The molecular weight excluding hydrogens is 193 g/mol. The van der Waals surface area contributed by atoms with Gasteiger partial charge in [0.2, 0.25) is 0 Å². The molecule has 2 nitrogen and oxygen atoms in total. The molecule has 0 spiro atoms. The predicted molar refractivity (Wildman–Crippen MR) is 47.5 cm³/mol. The van der Waals surface area contributed by atoms with E-state index in [2.05, 4.69) is 4.98 Å². The van der Waals surface area contributed by atoms with Crippen LogP contribution < -0.4 is 4.74 Å². The van der Waals surface area contributed by atoms with Crippen molar-refractivity contribution in [3.63, 3.8) is 0 Å². The van der Waals surface area contributed by atoms with Crippen LogP contribution in [0.25, 0.3) is 0 Å². The van der Waals surface area contributed by atoms with Crippen LogP contribution in [-0.4, -0.2) is 11.1 Å². The molecule has 0 saturated heterocycles. The summed E-state index contributed by atoms with van der Waals surface area (Å²) < 4.78 is 18.3. The second-order valence-corrected chi connectivity index (χ2v) is 3.47. The van der Waals surface area contributed by atoms with Crippen LogP contribution >= 0.6 is 11.6 Å². The lowest BCUT2D eigenvalue weighted by Crippen LogP contribution is -2.24. The number of nitrogens with zero attached hydrogens (tertiary/aromatic N) is 1. The normalized spacial score (nSPS) is 16.8. The number of pyridine rings is 1. The Kier molecular flexibility index (Phi) is 2.36. The number of halogens is 2. The molecule has 0 unspecified atom stereocenters. The zero-order valence-electron chi connectivity index (χ0n) is 6.96. The lowest BCUT2D eigenvalue weighted by atomic mass is 9.96. The molecule has 0 atom stereocenters. The van der Waals surface area contributed by atoms with E-state index in [1.54, 1.807) is 0 Å². The highest BCUT2D eigenvalue weighted by Gasteiger charge is 2.19. The zero-order valence-corrected chi connectivity index (χ0v) is 7.72. The Bertz CT molecular complexity index is 314. The van der Waals surface area contributed by atoms with Gasteiger partial charge in [0.1, 0.15) is 5.75 Å². The highest BCUT2D eigenvalue weighted by molar-refractivity contribution is 6.29. The van der Waals surface area contributed by atoms with Gasteiger partial charge in [-0.1, -0.05) is 11.6 Å². The molecular formula is C9H9ClFNO. The first-order chi connectivity index (χ1) is 6.25. The standard InChI is InChI=1S/C9H9ClFNO/c10-9-8(11)4-7(5-12-9)13-6-2-1-3-6/h4-6H,1-3H2. The van der Waals surface area contributed by atoms with Crippen LogP contribution in [0, 0.1) is 5.82 Å². The predicted octanol–water partition coefficient (Wildman–Crippen LogP) is 2.81. The molecule has 1 aromatic rings. The van der Waals surface area contributed by atoms with E-state index in [4.69, 9.17) is 16.3 Å². The van der Waals surface area contributed by atoms with Crippen molar-refractivity contribution in [2.45, 2.75) is 25.4 Å². The maximum absolute atomic E-state index is 12.9. The van der Waals surface area contributed by atoms with Gasteiger partial charge in [0.15, 0.2) is 11.0 Å². The summed E-state index contributed by atoms with van der Waals surface area (Å²) in [5.41, 5.74) is 0. The fourth-order valence-electron chi connectivity index (χ4n) is 1.15. The Morgan fingerprint density at radius 2 is 2.31 bits per heavy atom. The van der Waals surface area contributed by atoms with Crippen LogP contribution in [0.2, 0.25) is 5.15 Å². The third-order valence-corrected chi connectivity index (χ3v) is 2.40. The van der Waals surface area contributed by atoms with Crippen molar-refractivity contribution < 1.29 is 9.13 Å². The lowest BCUT2D eigenvalue weighted by molar-refractivity contribution is 0.119. The van der Waals surface area contributed by atoms with Crippen molar-refractivity contribution in [2.24, 2.45) is 0 Å². The minimum absolute atomic E-state index is 0.110. The molecule has 1 aliphatic rings. The smallest absolute Gasteiger partial charge is 0.164 e. The summed E-state index contributed by atoms with van der Waals surface area (Å²) in [5.74, 6) is -0.0647. The minimum atomic E-state index is -0.529. The van der Waals surface area contributed by atoms with Crippen LogP contribution in [0.15, 0.2) is 12.3 Å². The fraction of sp³-hybridized carbons (Fsp3) is 0.444. The Hall–Kier alpha value is -0.830. The second kappa shape index (κ2) is 3.50. The topological polar surface area (TPSA) is 22.1 Å². The van der Waals surface area contributed by atoms with E-state index in [-0.39, 0.29) is 11.3 Å². The largest absolute Gasteiger partial charge is 0.489 e. The van der Waals surface area contributed by atoms with Gasteiger partial charge < -0.3 is 4.74 Å². The second-order valence-electron chi connectivity index (χ2n) is 3.11. The molecule has 0 N–H and O–H groups in total. The van der Waals surface area contributed by atoms with Crippen LogP contribution in [0.4, 0.5) is 4.39 Å². The first-order valence-electron chi connectivity index (χ1n) is 4.23. The molecule has 0 radical (unpaired) electrons. The van der Waals surface area contributed by atoms with Crippen LogP contribution in [0.5, 0.6) is 5.75 Å². The quantitative estimate of drug-likeness (QED) is 0.687. The van der Waals surface area contributed by atoms with Crippen molar-refractivity contribution in [3.05, 3.63) is 23.2 Å². The van der Waals surface area contributed by atoms with Crippen molar-refractivity contribution >= 4 is 11.6 Å². The van der Waals surface area contributed by atoms with Crippen molar-refractivity contribution in [2.75, 3.05) is 0 Å². The number of hydrogen-bond acceptors (Lipinski definition) is 2. The fourth-order valence-corrected chi connectivity index (χ4v) is 1.25. The van der Waals surface area contributed by atoms with Gasteiger partial charge in [-0.3, -0.25) is 0 Å². The number of aromatic nitrogens is 1. The van der Waals surface area contributed by atoms with Gasteiger partial charge >= 0.3 is 0 Å². The minimum Gasteiger partial charge on any atom is -0.489 e. The third kappa shape index (κ3) is 1.91. The molecule has 1 fully saturated rings. The van der Waals surface area contributed by atoms with Crippen LogP contribution in [0.1, 0.15) is 19.3 Å². The SMILES string of the molecule is Fc1cc(OC2CCC2)cnc1Cl. The molecule has 1 aliphatic carbocycles. The number of ether oxygens (including phenoxy) is 1. The van der Waals surface area contributed by atoms with Crippen LogP contribution in [0.3, 0.4) is 0 Å².